The molecule has 0 unspecified atom stereocenters. The fraction of sp³-hybridized carbons (Fsp3) is 0.125. The molecule has 0 radical (unpaired) electrons. The fourth-order valence-electron chi connectivity index (χ4n) is 0.746. The molecule has 0 saturated carbocycles. The van der Waals surface area contributed by atoms with Gasteiger partial charge in [0.2, 0.25) is 0 Å². The van der Waals surface area contributed by atoms with Crippen LogP contribution in [-0.4, -0.2) is 10.8 Å². The number of carbonyl (C=O) groups is 1. The van der Waals surface area contributed by atoms with Gasteiger partial charge < -0.3 is 0 Å². The molecule has 1 rings (SSSR count). The second-order valence-electron chi connectivity index (χ2n) is 2.09. The van der Waals surface area contributed by atoms with Crippen molar-refractivity contribution >= 4 is 21.7 Å². The van der Waals surface area contributed by atoms with Gasteiger partial charge in [-0.05, 0) is 28.1 Å². The Morgan fingerprint density at radius 3 is 3.08 bits per heavy atom. The molecular formula is C8H5BrN2O. The predicted octanol–water partition coefficient (Wildman–Crippen LogP) is 1.94. The molecule has 4 heteroatoms. The van der Waals surface area contributed by atoms with E-state index in [0.717, 1.165) is 0 Å². The van der Waals surface area contributed by atoms with Crippen LogP contribution in [0.2, 0.25) is 0 Å². The maximum absolute atomic E-state index is 11.2. The smallest absolute Gasteiger partial charge is 0.196 e. The predicted molar refractivity (Wildman–Crippen MR) is 46.5 cm³/mol. The molecule has 0 spiro atoms. The molecule has 0 aliphatic rings. The standard InChI is InChI=1S/C8H5BrN2O/c9-6-2-1-5-11-8(6)7(12)3-4-10/h1-2,5H,3H2. The molecule has 3 nitrogen and oxygen atoms in total. The van der Waals surface area contributed by atoms with E-state index in [9.17, 15) is 4.79 Å². The Hall–Kier alpha value is -1.21. The highest BCUT2D eigenvalue weighted by Gasteiger charge is 2.09. The van der Waals surface area contributed by atoms with Crippen LogP contribution in [0.4, 0.5) is 0 Å². The number of hydrogen-bond donors (Lipinski definition) is 0. The lowest BCUT2D eigenvalue weighted by Gasteiger charge is -1.96. The van der Waals surface area contributed by atoms with Crippen LogP contribution in [0.25, 0.3) is 0 Å². The number of pyridine rings is 1. The van der Waals surface area contributed by atoms with Crippen molar-refractivity contribution in [1.82, 2.24) is 4.98 Å². The minimum absolute atomic E-state index is 0.129. The third-order valence-corrected chi connectivity index (χ3v) is 1.90. The van der Waals surface area contributed by atoms with Crippen LogP contribution >= 0.6 is 15.9 Å². The van der Waals surface area contributed by atoms with Crippen molar-refractivity contribution < 1.29 is 4.79 Å². The molecule has 0 saturated heterocycles. The molecule has 0 aliphatic heterocycles. The number of ketones is 1. The zero-order valence-electron chi connectivity index (χ0n) is 6.12. The number of hydrogen-bond acceptors (Lipinski definition) is 3. The largest absolute Gasteiger partial charge is 0.291 e. The second kappa shape index (κ2) is 3.98. The first-order valence-corrected chi connectivity index (χ1v) is 4.05. The van der Waals surface area contributed by atoms with Crippen molar-refractivity contribution in [3.05, 3.63) is 28.5 Å². The zero-order valence-corrected chi connectivity index (χ0v) is 7.71. The summed E-state index contributed by atoms with van der Waals surface area (Å²) in [5, 5.41) is 8.27. The van der Waals surface area contributed by atoms with Gasteiger partial charge in [0.25, 0.3) is 0 Å². The Balaban J connectivity index is 2.97. The summed E-state index contributed by atoms with van der Waals surface area (Å²) in [7, 11) is 0. The first-order valence-electron chi connectivity index (χ1n) is 3.26. The van der Waals surface area contributed by atoms with Gasteiger partial charge in [0.1, 0.15) is 12.1 Å². The van der Waals surface area contributed by atoms with Crippen molar-refractivity contribution in [3.8, 4) is 6.07 Å². The van der Waals surface area contributed by atoms with E-state index >= 15 is 0 Å². The molecule has 1 aromatic heterocycles. The summed E-state index contributed by atoms with van der Waals surface area (Å²) in [6, 6.07) is 5.22. The topological polar surface area (TPSA) is 53.8 Å². The normalized spacial score (nSPS) is 9.00. The van der Waals surface area contributed by atoms with Crippen LogP contribution < -0.4 is 0 Å². The van der Waals surface area contributed by atoms with Crippen molar-refractivity contribution in [1.29, 1.82) is 5.26 Å². The van der Waals surface area contributed by atoms with Crippen LogP contribution in [0.15, 0.2) is 22.8 Å². The third kappa shape index (κ3) is 1.89. The molecule has 1 heterocycles. The van der Waals surface area contributed by atoms with E-state index in [0.29, 0.717) is 10.2 Å². The lowest BCUT2D eigenvalue weighted by atomic mass is 10.2. The number of halogens is 1. The average Bonchev–Trinajstić information content (AvgIpc) is 2.05. The molecule has 0 aliphatic carbocycles. The lowest BCUT2D eigenvalue weighted by Crippen LogP contribution is -2.01. The van der Waals surface area contributed by atoms with Gasteiger partial charge in [0.05, 0.1) is 6.07 Å². The summed E-state index contributed by atoms with van der Waals surface area (Å²) < 4.78 is 0.630. The average molecular weight is 225 g/mol. The van der Waals surface area contributed by atoms with Crippen molar-refractivity contribution in [2.24, 2.45) is 0 Å². The molecule has 0 atom stereocenters. The van der Waals surface area contributed by atoms with Crippen molar-refractivity contribution in [2.45, 2.75) is 6.42 Å². The van der Waals surface area contributed by atoms with Gasteiger partial charge in [-0.1, -0.05) is 0 Å². The molecule has 0 bridgehead atoms. The van der Waals surface area contributed by atoms with Gasteiger partial charge >= 0.3 is 0 Å². The number of Topliss-reactive ketones (excluding diaryl/α,β-unsaturated/α-hetero) is 1. The molecule has 0 aromatic carbocycles. The van der Waals surface area contributed by atoms with Gasteiger partial charge in [-0.3, -0.25) is 9.78 Å². The maximum atomic E-state index is 11.2. The fourth-order valence-corrected chi connectivity index (χ4v) is 1.22. The minimum Gasteiger partial charge on any atom is -0.291 e. The molecule has 0 N–H and O–H groups in total. The first-order chi connectivity index (χ1) is 5.75. The second-order valence-corrected chi connectivity index (χ2v) is 2.95. The van der Waals surface area contributed by atoms with Crippen LogP contribution in [0.3, 0.4) is 0 Å². The van der Waals surface area contributed by atoms with E-state index < -0.39 is 0 Å². The van der Waals surface area contributed by atoms with Gasteiger partial charge in [-0.2, -0.15) is 5.26 Å². The summed E-state index contributed by atoms with van der Waals surface area (Å²) in [5.74, 6) is -0.259. The maximum Gasteiger partial charge on any atom is 0.196 e. The van der Waals surface area contributed by atoms with Gasteiger partial charge in [0, 0.05) is 10.7 Å². The molecule has 12 heavy (non-hydrogen) atoms. The van der Waals surface area contributed by atoms with Crippen LogP contribution in [-0.2, 0) is 0 Å². The van der Waals surface area contributed by atoms with Gasteiger partial charge in [0.15, 0.2) is 5.78 Å². The van der Waals surface area contributed by atoms with Crippen molar-refractivity contribution in [2.75, 3.05) is 0 Å². The summed E-state index contributed by atoms with van der Waals surface area (Å²) in [6.45, 7) is 0. The molecular weight excluding hydrogens is 220 g/mol. The number of aromatic nitrogens is 1. The molecule has 60 valence electrons. The third-order valence-electron chi connectivity index (χ3n) is 1.26. The highest BCUT2D eigenvalue weighted by Crippen LogP contribution is 2.14. The van der Waals surface area contributed by atoms with E-state index in [1.807, 2.05) is 0 Å². The lowest BCUT2D eigenvalue weighted by molar-refractivity contribution is 0.0992. The van der Waals surface area contributed by atoms with Crippen LogP contribution in [0.5, 0.6) is 0 Å². The number of rotatable bonds is 2. The summed E-state index contributed by atoms with van der Waals surface area (Å²) in [6.07, 6.45) is 1.39. The number of nitriles is 1. The Morgan fingerprint density at radius 2 is 2.50 bits per heavy atom. The van der Waals surface area contributed by atoms with E-state index in [1.54, 1.807) is 18.2 Å². The Kier molecular flexibility index (Phi) is 2.94. The highest BCUT2D eigenvalue weighted by molar-refractivity contribution is 9.10. The SMILES string of the molecule is N#CCC(=O)c1ncccc1Br. The molecule has 0 amide bonds. The van der Waals surface area contributed by atoms with E-state index in [2.05, 4.69) is 20.9 Å². The van der Waals surface area contributed by atoms with Gasteiger partial charge in [-0.25, -0.2) is 0 Å². The quantitative estimate of drug-likeness (QED) is 0.722. The Bertz CT molecular complexity index is 343. The molecule has 1 aromatic rings. The monoisotopic (exact) mass is 224 g/mol. The number of carbonyl (C=O) groups excluding carboxylic acids is 1. The van der Waals surface area contributed by atoms with E-state index in [4.69, 9.17) is 5.26 Å². The van der Waals surface area contributed by atoms with Gasteiger partial charge in [-0.15, -0.1) is 0 Å². The number of nitrogens with zero attached hydrogens (tertiary/aromatic N) is 2. The van der Waals surface area contributed by atoms with E-state index in [-0.39, 0.29) is 12.2 Å². The summed E-state index contributed by atoms with van der Waals surface area (Å²) >= 11 is 3.17. The summed E-state index contributed by atoms with van der Waals surface area (Å²) in [4.78, 5) is 15.0. The highest BCUT2D eigenvalue weighted by atomic mass is 79.9. The first kappa shape index (κ1) is 8.88. The van der Waals surface area contributed by atoms with Crippen LogP contribution in [0, 0.1) is 11.3 Å². The Labute approximate surface area is 78.2 Å². The Morgan fingerprint density at radius 1 is 1.75 bits per heavy atom. The summed E-state index contributed by atoms with van der Waals surface area (Å²) in [5.41, 5.74) is 0.319. The van der Waals surface area contributed by atoms with Crippen LogP contribution in [0.1, 0.15) is 16.9 Å². The van der Waals surface area contributed by atoms with E-state index in [1.165, 1.54) is 6.20 Å². The minimum atomic E-state index is -0.259. The van der Waals surface area contributed by atoms with Crippen molar-refractivity contribution in [3.63, 3.8) is 0 Å². The zero-order chi connectivity index (χ0) is 8.97. The molecule has 0 fully saturated rings.